The topological polar surface area (TPSA) is 56.8 Å². The van der Waals surface area contributed by atoms with Crippen LogP contribution in [0.4, 0.5) is 31.8 Å². The van der Waals surface area contributed by atoms with Gasteiger partial charge >= 0.3 is 0 Å². The van der Waals surface area contributed by atoms with Crippen LogP contribution < -0.4 is 19.9 Å². The highest BCUT2D eigenvalue weighted by Crippen LogP contribution is 2.39. The molecule has 2 aromatic carbocycles. The molecule has 0 bridgehead atoms. The molecule has 0 atom stereocenters. The highest BCUT2D eigenvalue weighted by Gasteiger charge is 2.25. The molecule has 1 saturated heterocycles. The zero-order chi connectivity index (χ0) is 24.5. The van der Waals surface area contributed by atoms with E-state index in [0.717, 1.165) is 43.8 Å². The summed E-state index contributed by atoms with van der Waals surface area (Å²) in [6, 6.07) is 11.2. The number of hydrogen-bond donors (Lipinski definition) is 1. The molecule has 0 spiro atoms. The average molecular weight is 481 g/mol. The van der Waals surface area contributed by atoms with Crippen LogP contribution >= 0.6 is 0 Å². The van der Waals surface area contributed by atoms with Crippen molar-refractivity contribution in [1.82, 2.24) is 14.9 Å². The first-order chi connectivity index (χ1) is 16.9. The molecule has 35 heavy (non-hydrogen) atoms. The van der Waals surface area contributed by atoms with E-state index in [0.29, 0.717) is 24.4 Å². The Hall–Kier alpha value is -3.46. The lowest BCUT2D eigenvalue weighted by Crippen LogP contribution is -2.44. The van der Waals surface area contributed by atoms with Crippen LogP contribution in [0.25, 0.3) is 11.3 Å². The third-order valence-corrected chi connectivity index (χ3v) is 6.54. The van der Waals surface area contributed by atoms with Crippen molar-refractivity contribution < 1.29 is 13.5 Å². The molecule has 0 unspecified atom stereocenters. The van der Waals surface area contributed by atoms with Gasteiger partial charge in [0.25, 0.3) is 0 Å². The van der Waals surface area contributed by atoms with Gasteiger partial charge in [0.05, 0.1) is 18.4 Å². The lowest BCUT2D eigenvalue weighted by Gasteiger charge is -2.34. The SMILES string of the molecule is CC(C)N1CCOc2c(F)cc(-c3nc(Nc4ccc(N5CCN(C)CC5)cc4)ncc3F)cc21. The molecule has 0 saturated carbocycles. The molecule has 1 fully saturated rings. The first kappa shape index (κ1) is 23.3. The van der Waals surface area contributed by atoms with Crippen LogP contribution in [0.15, 0.2) is 42.6 Å². The van der Waals surface area contributed by atoms with Crippen molar-refractivity contribution in [3.63, 3.8) is 0 Å². The second kappa shape index (κ2) is 9.65. The van der Waals surface area contributed by atoms with Gasteiger partial charge in [-0.05, 0) is 57.3 Å². The van der Waals surface area contributed by atoms with E-state index in [2.05, 4.69) is 44.3 Å². The summed E-state index contributed by atoms with van der Waals surface area (Å²) >= 11 is 0. The van der Waals surface area contributed by atoms with Gasteiger partial charge in [-0.3, -0.25) is 0 Å². The molecule has 1 aromatic heterocycles. The highest BCUT2D eigenvalue weighted by molar-refractivity contribution is 5.73. The summed E-state index contributed by atoms with van der Waals surface area (Å²) in [6.07, 6.45) is 1.11. The fourth-order valence-corrected chi connectivity index (χ4v) is 4.55. The van der Waals surface area contributed by atoms with Gasteiger partial charge in [-0.2, -0.15) is 0 Å². The molecular weight excluding hydrogens is 450 g/mol. The Kier molecular flexibility index (Phi) is 6.42. The van der Waals surface area contributed by atoms with Crippen LogP contribution in [0, 0.1) is 11.6 Å². The van der Waals surface area contributed by atoms with Gasteiger partial charge in [0.1, 0.15) is 12.3 Å². The molecule has 3 heterocycles. The van der Waals surface area contributed by atoms with Gasteiger partial charge in [-0.1, -0.05) is 0 Å². The number of rotatable bonds is 5. The van der Waals surface area contributed by atoms with Crippen LogP contribution in [-0.4, -0.2) is 67.3 Å². The third kappa shape index (κ3) is 4.86. The lowest BCUT2D eigenvalue weighted by molar-refractivity contribution is 0.287. The zero-order valence-electron chi connectivity index (χ0n) is 20.3. The van der Waals surface area contributed by atoms with Gasteiger partial charge in [-0.15, -0.1) is 0 Å². The van der Waals surface area contributed by atoms with E-state index in [1.165, 1.54) is 6.07 Å². The minimum Gasteiger partial charge on any atom is -0.486 e. The Balaban J connectivity index is 1.39. The Morgan fingerprint density at radius 2 is 1.71 bits per heavy atom. The number of fused-ring (bicyclic) bond motifs is 1. The Labute approximate surface area is 204 Å². The van der Waals surface area contributed by atoms with Crippen molar-refractivity contribution in [3.05, 3.63) is 54.2 Å². The van der Waals surface area contributed by atoms with Crippen molar-refractivity contribution in [3.8, 4) is 17.0 Å². The summed E-state index contributed by atoms with van der Waals surface area (Å²) in [7, 11) is 2.13. The van der Waals surface area contributed by atoms with Crippen LogP contribution in [-0.2, 0) is 0 Å². The maximum atomic E-state index is 14.9. The van der Waals surface area contributed by atoms with Crippen molar-refractivity contribution in [1.29, 1.82) is 0 Å². The maximum Gasteiger partial charge on any atom is 0.227 e. The molecule has 3 aromatic rings. The van der Waals surface area contributed by atoms with E-state index >= 15 is 0 Å². The van der Waals surface area contributed by atoms with Crippen LogP contribution in [0.5, 0.6) is 5.75 Å². The first-order valence-electron chi connectivity index (χ1n) is 12.0. The van der Waals surface area contributed by atoms with E-state index in [1.807, 2.05) is 30.9 Å². The quantitative estimate of drug-likeness (QED) is 0.576. The third-order valence-electron chi connectivity index (χ3n) is 6.54. The predicted molar refractivity (Wildman–Crippen MR) is 135 cm³/mol. The fraction of sp³-hybridized carbons (Fsp3) is 0.385. The average Bonchev–Trinajstić information content (AvgIpc) is 2.86. The van der Waals surface area contributed by atoms with E-state index < -0.39 is 11.6 Å². The number of ether oxygens (including phenoxy) is 1. The van der Waals surface area contributed by atoms with Crippen LogP contribution in [0.3, 0.4) is 0 Å². The van der Waals surface area contributed by atoms with Gasteiger partial charge < -0.3 is 24.8 Å². The molecule has 0 aliphatic carbocycles. The molecule has 2 aliphatic heterocycles. The zero-order valence-corrected chi connectivity index (χ0v) is 20.3. The van der Waals surface area contributed by atoms with Crippen molar-refractivity contribution in [2.24, 2.45) is 0 Å². The number of anilines is 4. The standard InChI is InChI=1S/C26H30F2N6O/c1-17(2)34-12-13-35-25-21(27)14-18(15-23(25)34)24-22(28)16-29-26(31-24)30-19-4-6-20(7-5-19)33-10-8-32(3)9-11-33/h4-7,14-17H,8-13H2,1-3H3,(H,29,30,31). The summed E-state index contributed by atoms with van der Waals surface area (Å²) in [5.41, 5.74) is 2.92. The van der Waals surface area contributed by atoms with Crippen molar-refractivity contribution in [2.45, 2.75) is 19.9 Å². The molecule has 1 N–H and O–H groups in total. The number of halogens is 2. The van der Waals surface area contributed by atoms with Crippen LogP contribution in [0.1, 0.15) is 13.8 Å². The van der Waals surface area contributed by atoms with Crippen LogP contribution in [0.2, 0.25) is 0 Å². The van der Waals surface area contributed by atoms with Gasteiger partial charge in [0, 0.05) is 49.2 Å². The normalized spacial score (nSPS) is 16.3. The Bertz CT molecular complexity index is 1200. The van der Waals surface area contributed by atoms with Gasteiger partial charge in [0.15, 0.2) is 17.4 Å². The minimum absolute atomic E-state index is 0.0348. The molecule has 0 amide bonds. The van der Waals surface area contributed by atoms with Gasteiger partial charge in [-0.25, -0.2) is 18.7 Å². The summed E-state index contributed by atoms with van der Waals surface area (Å²) < 4.78 is 35.2. The molecule has 0 radical (unpaired) electrons. The molecule has 7 nitrogen and oxygen atoms in total. The highest BCUT2D eigenvalue weighted by atomic mass is 19.1. The molecule has 9 heteroatoms. The summed E-state index contributed by atoms with van der Waals surface area (Å²) in [5, 5.41) is 3.14. The second-order valence-corrected chi connectivity index (χ2v) is 9.29. The first-order valence-corrected chi connectivity index (χ1v) is 12.0. The summed E-state index contributed by atoms with van der Waals surface area (Å²) in [6.45, 7) is 9.16. The molecule has 5 rings (SSSR count). The van der Waals surface area contributed by atoms with E-state index in [4.69, 9.17) is 4.74 Å². The maximum absolute atomic E-state index is 14.9. The molecule has 184 valence electrons. The minimum atomic E-state index is -0.617. The molecule has 2 aliphatic rings. The number of aromatic nitrogens is 2. The number of benzene rings is 2. The van der Waals surface area contributed by atoms with Crippen molar-refractivity contribution in [2.75, 3.05) is 61.5 Å². The predicted octanol–water partition coefficient (Wildman–Crippen LogP) is 4.52. The fourth-order valence-electron chi connectivity index (χ4n) is 4.55. The lowest BCUT2D eigenvalue weighted by atomic mass is 10.1. The van der Waals surface area contributed by atoms with Crippen molar-refractivity contribution >= 4 is 23.0 Å². The molecular formula is C26H30F2N6O. The summed E-state index contributed by atoms with van der Waals surface area (Å²) in [5.74, 6) is -0.714. The number of nitrogens with zero attached hydrogens (tertiary/aromatic N) is 5. The Morgan fingerprint density at radius 1 is 0.971 bits per heavy atom. The van der Waals surface area contributed by atoms with E-state index in [9.17, 15) is 8.78 Å². The number of nitrogens with one attached hydrogen (secondary N) is 1. The number of piperazine rings is 1. The monoisotopic (exact) mass is 480 g/mol. The Morgan fingerprint density at radius 3 is 2.43 bits per heavy atom. The smallest absolute Gasteiger partial charge is 0.227 e. The van der Waals surface area contributed by atoms with Gasteiger partial charge in [0.2, 0.25) is 5.95 Å². The van der Waals surface area contributed by atoms with E-state index in [-0.39, 0.29) is 23.4 Å². The van der Waals surface area contributed by atoms with E-state index in [1.54, 1.807) is 6.07 Å². The number of hydrogen-bond acceptors (Lipinski definition) is 7. The second-order valence-electron chi connectivity index (χ2n) is 9.29. The largest absolute Gasteiger partial charge is 0.486 e. The number of likely N-dealkylation sites (N-methyl/N-ethyl adjacent to an activating group) is 1. The summed E-state index contributed by atoms with van der Waals surface area (Å²) in [4.78, 5) is 15.2.